The van der Waals surface area contributed by atoms with Crippen molar-refractivity contribution in [1.29, 1.82) is 0 Å². The van der Waals surface area contributed by atoms with Gasteiger partial charge in [0.15, 0.2) is 10.6 Å². The molecule has 0 radical (unpaired) electrons. The molecule has 4 aromatic rings. The number of hydrogen-bond acceptors (Lipinski definition) is 10. The quantitative estimate of drug-likeness (QED) is 0.189. The molecule has 0 saturated carbocycles. The van der Waals surface area contributed by atoms with Crippen molar-refractivity contribution in [2.24, 2.45) is 5.73 Å². The highest BCUT2D eigenvalue weighted by atomic mass is 32.2. The minimum absolute atomic E-state index is 0.0938. The van der Waals surface area contributed by atoms with Crippen LogP contribution in [-0.4, -0.2) is 77.3 Å². The third-order valence-corrected chi connectivity index (χ3v) is 9.90. The number of para-hydroxylation sites is 1. The Morgan fingerprint density at radius 1 is 0.958 bits per heavy atom. The van der Waals surface area contributed by atoms with Gasteiger partial charge in [0.05, 0.1) is 22.3 Å². The second-order valence-electron chi connectivity index (χ2n) is 10.9. The van der Waals surface area contributed by atoms with Crippen molar-refractivity contribution in [1.82, 2.24) is 19.0 Å². The van der Waals surface area contributed by atoms with Crippen LogP contribution in [0.25, 0.3) is 5.69 Å². The SMILES string of the molecule is NC(=O)c1c2c(nn1-c1ccc(Oc3ccc(OC(F)(F)F)cc3)cc1)[C@H](N1CCN(S(=O)(=O)c3ccccc3[N+](=O)[O-])CC1)CCN2. The van der Waals surface area contributed by atoms with E-state index in [1.54, 1.807) is 24.3 Å². The van der Waals surface area contributed by atoms with Crippen LogP contribution in [0.3, 0.4) is 0 Å². The zero-order valence-electron chi connectivity index (χ0n) is 25.0. The standard InChI is InChI=1S/C30H28F3N7O7S/c31-30(32,33)47-22-11-9-21(10-12-22)46-20-7-5-19(6-8-20)39-28(29(34)41)27-26(36-39)24(13-14-35-27)37-15-17-38(18-16-37)48(44,45)25-4-2-1-3-23(25)40(42)43/h1-12,24,35H,13-18H2,(H2,34,41)/t24-/m1/s1. The van der Waals surface area contributed by atoms with Crippen LogP contribution in [0.15, 0.2) is 77.7 Å². The first kappa shape index (κ1) is 32.7. The molecule has 18 heteroatoms. The number of carbonyl (C=O) groups is 1. The fourth-order valence-corrected chi connectivity index (χ4v) is 7.38. The van der Waals surface area contributed by atoms with Gasteiger partial charge >= 0.3 is 6.36 Å². The topological polar surface area (TPSA) is 175 Å². The van der Waals surface area contributed by atoms with Crippen LogP contribution in [0.5, 0.6) is 17.2 Å². The van der Waals surface area contributed by atoms with Gasteiger partial charge in [0.25, 0.3) is 11.6 Å². The Morgan fingerprint density at radius 3 is 2.17 bits per heavy atom. The van der Waals surface area contributed by atoms with Crippen molar-refractivity contribution >= 4 is 27.3 Å². The van der Waals surface area contributed by atoms with E-state index in [-0.39, 0.29) is 41.2 Å². The highest BCUT2D eigenvalue weighted by molar-refractivity contribution is 7.89. The molecule has 252 valence electrons. The number of hydrogen-bond donors (Lipinski definition) is 2. The van der Waals surface area contributed by atoms with Crippen LogP contribution >= 0.6 is 0 Å². The fourth-order valence-electron chi connectivity index (χ4n) is 5.80. The summed E-state index contributed by atoms with van der Waals surface area (Å²) in [6.45, 7) is 1.32. The highest BCUT2D eigenvalue weighted by Gasteiger charge is 2.38. The van der Waals surface area contributed by atoms with Gasteiger partial charge in [-0.3, -0.25) is 19.8 Å². The second kappa shape index (κ2) is 12.8. The molecule has 14 nitrogen and oxygen atoms in total. The molecule has 1 fully saturated rings. The van der Waals surface area contributed by atoms with E-state index in [2.05, 4.69) is 15.0 Å². The molecular formula is C30H28F3N7O7S. The second-order valence-corrected chi connectivity index (χ2v) is 12.8. The van der Waals surface area contributed by atoms with E-state index in [9.17, 15) is 36.5 Å². The van der Waals surface area contributed by atoms with E-state index < -0.39 is 32.9 Å². The molecule has 1 aromatic heterocycles. The molecule has 0 bridgehead atoms. The Kier molecular flexibility index (Phi) is 8.71. The Labute approximate surface area is 271 Å². The molecule has 0 aliphatic carbocycles. The monoisotopic (exact) mass is 687 g/mol. The molecule has 2 aliphatic rings. The van der Waals surface area contributed by atoms with Crippen molar-refractivity contribution in [3.05, 3.63) is 94.3 Å². The molecular weight excluding hydrogens is 659 g/mol. The summed E-state index contributed by atoms with van der Waals surface area (Å²) in [6, 6.07) is 16.4. The van der Waals surface area contributed by atoms with Gasteiger partial charge in [0.1, 0.15) is 22.9 Å². The number of aromatic nitrogens is 2. The van der Waals surface area contributed by atoms with Gasteiger partial charge in [-0.2, -0.15) is 9.40 Å². The molecule has 1 saturated heterocycles. The number of anilines is 1. The summed E-state index contributed by atoms with van der Waals surface area (Å²) in [4.78, 5) is 25.1. The molecule has 2 aliphatic heterocycles. The predicted molar refractivity (Wildman–Crippen MR) is 165 cm³/mol. The molecule has 1 atom stereocenters. The summed E-state index contributed by atoms with van der Waals surface area (Å²) in [5, 5.41) is 19.4. The largest absolute Gasteiger partial charge is 0.573 e. The zero-order chi connectivity index (χ0) is 34.2. The summed E-state index contributed by atoms with van der Waals surface area (Å²) >= 11 is 0. The Hall–Kier alpha value is -5.20. The van der Waals surface area contributed by atoms with E-state index in [4.69, 9.17) is 15.6 Å². The molecule has 0 unspecified atom stereocenters. The van der Waals surface area contributed by atoms with Crippen LogP contribution < -0.4 is 20.5 Å². The molecule has 3 heterocycles. The number of piperazine rings is 1. The number of nitro benzene ring substituents is 1. The van der Waals surface area contributed by atoms with Gasteiger partial charge in [-0.15, -0.1) is 13.2 Å². The van der Waals surface area contributed by atoms with Gasteiger partial charge in [-0.25, -0.2) is 13.1 Å². The lowest BCUT2D eigenvalue weighted by Gasteiger charge is -2.39. The van der Waals surface area contributed by atoms with E-state index in [1.165, 1.54) is 39.3 Å². The Bertz CT molecular complexity index is 1940. The van der Waals surface area contributed by atoms with Gasteiger partial charge < -0.3 is 20.5 Å². The van der Waals surface area contributed by atoms with Crippen LogP contribution in [0, 0.1) is 10.1 Å². The Balaban J connectivity index is 1.19. The number of nitro groups is 1. The lowest BCUT2D eigenvalue weighted by Crippen LogP contribution is -2.50. The van der Waals surface area contributed by atoms with Crippen molar-refractivity contribution < 1.29 is 40.8 Å². The number of halogens is 3. The first-order valence-corrected chi connectivity index (χ1v) is 16.0. The number of nitrogens with zero attached hydrogens (tertiary/aromatic N) is 5. The van der Waals surface area contributed by atoms with Gasteiger partial charge in [-0.05, 0) is 61.0 Å². The number of carbonyl (C=O) groups excluding carboxylic acids is 1. The number of rotatable bonds is 9. The number of sulfonamides is 1. The lowest BCUT2D eigenvalue weighted by molar-refractivity contribution is -0.387. The maximum atomic E-state index is 13.3. The van der Waals surface area contributed by atoms with Gasteiger partial charge in [-0.1, -0.05) is 12.1 Å². The Morgan fingerprint density at radius 2 is 1.56 bits per heavy atom. The van der Waals surface area contributed by atoms with Crippen molar-refractivity contribution in [3.8, 4) is 22.9 Å². The summed E-state index contributed by atoms with van der Waals surface area (Å²) in [7, 11) is -4.12. The van der Waals surface area contributed by atoms with E-state index in [1.807, 2.05) is 0 Å². The minimum atomic E-state index is -4.81. The minimum Gasteiger partial charge on any atom is -0.457 e. The van der Waals surface area contributed by atoms with E-state index in [0.29, 0.717) is 48.9 Å². The number of primary amides is 1. The van der Waals surface area contributed by atoms with Gasteiger partial charge in [0.2, 0.25) is 10.0 Å². The van der Waals surface area contributed by atoms with Crippen molar-refractivity contribution in [2.45, 2.75) is 23.7 Å². The average molecular weight is 688 g/mol. The number of nitrogens with one attached hydrogen (secondary N) is 1. The zero-order valence-corrected chi connectivity index (χ0v) is 25.8. The first-order valence-electron chi connectivity index (χ1n) is 14.6. The van der Waals surface area contributed by atoms with Crippen LogP contribution in [-0.2, 0) is 10.0 Å². The van der Waals surface area contributed by atoms with E-state index in [0.717, 1.165) is 18.2 Å². The smallest absolute Gasteiger partial charge is 0.457 e. The number of alkyl halides is 3. The molecule has 48 heavy (non-hydrogen) atoms. The average Bonchev–Trinajstić information content (AvgIpc) is 3.46. The number of ether oxygens (including phenoxy) is 2. The fraction of sp³-hybridized carbons (Fsp3) is 0.267. The maximum absolute atomic E-state index is 13.3. The predicted octanol–water partition coefficient (Wildman–Crippen LogP) is 4.43. The summed E-state index contributed by atoms with van der Waals surface area (Å²) in [6.07, 6.45) is -4.20. The van der Waals surface area contributed by atoms with E-state index >= 15 is 0 Å². The molecule has 1 amide bonds. The highest BCUT2D eigenvalue weighted by Crippen LogP contribution is 2.38. The summed E-state index contributed by atoms with van der Waals surface area (Å²) < 4.78 is 76.2. The third-order valence-electron chi connectivity index (χ3n) is 7.95. The maximum Gasteiger partial charge on any atom is 0.573 e. The third kappa shape index (κ3) is 6.62. The van der Waals surface area contributed by atoms with Crippen LogP contribution in [0.1, 0.15) is 28.6 Å². The van der Waals surface area contributed by atoms with Gasteiger partial charge in [0, 0.05) is 38.8 Å². The normalized spacial score (nSPS) is 17.3. The lowest BCUT2D eigenvalue weighted by atomic mass is 10.0. The first-order chi connectivity index (χ1) is 22.8. The van der Waals surface area contributed by atoms with Crippen molar-refractivity contribution in [3.63, 3.8) is 0 Å². The van der Waals surface area contributed by atoms with Crippen LogP contribution in [0.2, 0.25) is 0 Å². The number of amides is 1. The molecule has 3 N–H and O–H groups in total. The molecule has 0 spiro atoms. The van der Waals surface area contributed by atoms with Crippen LogP contribution in [0.4, 0.5) is 24.5 Å². The number of fused-ring (bicyclic) bond motifs is 1. The number of nitrogens with two attached hydrogens (primary N) is 1. The summed E-state index contributed by atoms with van der Waals surface area (Å²) in [5.74, 6) is -0.472. The summed E-state index contributed by atoms with van der Waals surface area (Å²) in [5.41, 5.74) is 6.96. The number of benzene rings is 3. The molecule has 3 aromatic carbocycles. The molecule has 6 rings (SSSR count). The van der Waals surface area contributed by atoms with Crippen molar-refractivity contribution in [2.75, 3.05) is 38.0 Å².